The summed E-state index contributed by atoms with van der Waals surface area (Å²) in [7, 11) is 0. The van der Waals surface area contributed by atoms with E-state index in [1.54, 1.807) is 19.2 Å². The van der Waals surface area contributed by atoms with Crippen LogP contribution in [0.5, 0.6) is 0 Å². The van der Waals surface area contributed by atoms with E-state index in [9.17, 15) is 0 Å². The van der Waals surface area contributed by atoms with Crippen LogP contribution in [0, 0.1) is 18.3 Å². The third-order valence-electron chi connectivity index (χ3n) is 3.51. The number of piperazine rings is 1. The van der Waals surface area contributed by atoms with Crippen molar-refractivity contribution in [2.45, 2.75) is 13.5 Å². The van der Waals surface area contributed by atoms with E-state index >= 15 is 0 Å². The molecule has 0 bridgehead atoms. The molecule has 0 spiro atoms. The lowest BCUT2D eigenvalue weighted by Gasteiger charge is -2.34. The largest absolute Gasteiger partial charge is 0.354 e. The van der Waals surface area contributed by atoms with Gasteiger partial charge in [-0.25, -0.2) is 4.98 Å². The fourth-order valence-electron chi connectivity index (χ4n) is 2.38. The minimum atomic E-state index is 0.588. The molecule has 1 saturated heterocycles. The molecule has 0 atom stereocenters. The Kier molecular flexibility index (Phi) is 3.79. The highest BCUT2D eigenvalue weighted by atomic mass is 16.5. The monoisotopic (exact) mass is 284 g/mol. The average molecular weight is 284 g/mol. The van der Waals surface area contributed by atoms with Crippen LogP contribution < -0.4 is 4.90 Å². The lowest BCUT2D eigenvalue weighted by atomic mass is 10.2. The van der Waals surface area contributed by atoms with Crippen molar-refractivity contribution in [3.63, 3.8) is 0 Å². The maximum atomic E-state index is 8.79. The Morgan fingerprint density at radius 3 is 2.67 bits per heavy atom. The highest BCUT2D eigenvalue weighted by molar-refractivity contribution is 5.42. The van der Waals surface area contributed by atoms with Gasteiger partial charge in [-0.1, -0.05) is 5.16 Å². The molecule has 3 rings (SSSR count). The Hall–Kier alpha value is -2.46. The van der Waals surface area contributed by atoms with Crippen LogP contribution in [0.2, 0.25) is 0 Å². The molecule has 1 fully saturated rings. The van der Waals surface area contributed by atoms with Gasteiger partial charge in [0.2, 0.25) is 5.89 Å². The third kappa shape index (κ3) is 3.17. The second-order valence-corrected chi connectivity index (χ2v) is 5.01. The standard InChI is InChI=1S/C14H16N6O/c1-11-17-13(18-21-11)10-19-4-6-20(7-5-19)14-3-2-12(8-15)9-16-14/h2-3,9H,4-7,10H2,1H3. The summed E-state index contributed by atoms with van der Waals surface area (Å²) in [6.45, 7) is 6.16. The number of anilines is 1. The summed E-state index contributed by atoms with van der Waals surface area (Å²) in [5, 5.41) is 12.7. The predicted octanol–water partition coefficient (Wildman–Crippen LogP) is 0.967. The molecule has 1 aliphatic heterocycles. The van der Waals surface area contributed by atoms with Crippen LogP contribution in [-0.4, -0.2) is 46.2 Å². The quantitative estimate of drug-likeness (QED) is 0.830. The predicted molar refractivity (Wildman–Crippen MR) is 75.5 cm³/mol. The van der Waals surface area contributed by atoms with Crippen LogP contribution in [0.25, 0.3) is 0 Å². The molecule has 2 aromatic heterocycles. The zero-order valence-electron chi connectivity index (χ0n) is 11.9. The first-order valence-corrected chi connectivity index (χ1v) is 6.87. The molecule has 0 unspecified atom stereocenters. The average Bonchev–Trinajstić information content (AvgIpc) is 2.93. The minimum absolute atomic E-state index is 0.588. The van der Waals surface area contributed by atoms with Gasteiger partial charge in [-0.15, -0.1) is 0 Å². The third-order valence-corrected chi connectivity index (χ3v) is 3.51. The molecule has 3 heterocycles. The molecule has 0 amide bonds. The van der Waals surface area contributed by atoms with E-state index in [0.29, 0.717) is 18.0 Å². The smallest absolute Gasteiger partial charge is 0.223 e. The first kappa shape index (κ1) is 13.5. The maximum Gasteiger partial charge on any atom is 0.223 e. The van der Waals surface area contributed by atoms with Crippen molar-refractivity contribution in [2.24, 2.45) is 0 Å². The summed E-state index contributed by atoms with van der Waals surface area (Å²) in [6.07, 6.45) is 1.61. The van der Waals surface area contributed by atoms with Gasteiger partial charge < -0.3 is 9.42 Å². The van der Waals surface area contributed by atoms with E-state index in [-0.39, 0.29) is 0 Å². The highest BCUT2D eigenvalue weighted by Gasteiger charge is 2.19. The minimum Gasteiger partial charge on any atom is -0.354 e. The molecule has 7 heteroatoms. The molecule has 0 aliphatic carbocycles. The number of aryl methyl sites for hydroxylation is 1. The summed E-state index contributed by atoms with van der Waals surface area (Å²) >= 11 is 0. The fourth-order valence-corrected chi connectivity index (χ4v) is 2.38. The highest BCUT2D eigenvalue weighted by Crippen LogP contribution is 2.14. The van der Waals surface area contributed by atoms with E-state index < -0.39 is 0 Å². The summed E-state index contributed by atoms with van der Waals surface area (Å²) in [5.41, 5.74) is 0.588. The van der Waals surface area contributed by atoms with E-state index in [1.807, 2.05) is 6.07 Å². The van der Waals surface area contributed by atoms with Crippen LogP contribution >= 0.6 is 0 Å². The van der Waals surface area contributed by atoms with Crippen molar-refractivity contribution in [1.29, 1.82) is 5.26 Å². The van der Waals surface area contributed by atoms with Crippen LogP contribution in [0.15, 0.2) is 22.9 Å². The van der Waals surface area contributed by atoms with Gasteiger partial charge in [0.25, 0.3) is 0 Å². The summed E-state index contributed by atoms with van der Waals surface area (Å²) < 4.78 is 4.98. The number of nitriles is 1. The van der Waals surface area contributed by atoms with Crippen molar-refractivity contribution in [3.05, 3.63) is 35.6 Å². The Labute approximate surface area is 122 Å². The number of rotatable bonds is 3. The normalized spacial score (nSPS) is 15.9. The fraction of sp³-hybridized carbons (Fsp3) is 0.429. The van der Waals surface area contributed by atoms with Gasteiger partial charge in [0.1, 0.15) is 11.9 Å². The van der Waals surface area contributed by atoms with Crippen LogP contribution in [0.3, 0.4) is 0 Å². The summed E-state index contributed by atoms with van der Waals surface area (Å²) in [5.74, 6) is 2.26. The number of pyridine rings is 1. The van der Waals surface area contributed by atoms with Gasteiger partial charge in [0.05, 0.1) is 12.1 Å². The molecule has 1 aliphatic rings. The topological polar surface area (TPSA) is 82.1 Å². The molecular weight excluding hydrogens is 268 g/mol. The van der Waals surface area contributed by atoms with Gasteiger partial charge in [0, 0.05) is 39.3 Å². The first-order valence-electron chi connectivity index (χ1n) is 6.87. The van der Waals surface area contributed by atoms with Gasteiger partial charge in [0.15, 0.2) is 5.82 Å². The zero-order valence-corrected chi connectivity index (χ0v) is 11.9. The van der Waals surface area contributed by atoms with Crippen molar-refractivity contribution in [2.75, 3.05) is 31.1 Å². The second kappa shape index (κ2) is 5.89. The lowest BCUT2D eigenvalue weighted by molar-refractivity contribution is 0.239. The van der Waals surface area contributed by atoms with Gasteiger partial charge in [-0.05, 0) is 12.1 Å². The lowest BCUT2D eigenvalue weighted by Crippen LogP contribution is -2.46. The van der Waals surface area contributed by atoms with E-state index in [4.69, 9.17) is 9.78 Å². The van der Waals surface area contributed by atoms with E-state index in [2.05, 4.69) is 31.0 Å². The van der Waals surface area contributed by atoms with Gasteiger partial charge in [-0.3, -0.25) is 4.90 Å². The molecule has 0 aromatic carbocycles. The number of hydrogen-bond acceptors (Lipinski definition) is 7. The van der Waals surface area contributed by atoms with Gasteiger partial charge >= 0.3 is 0 Å². The number of nitrogens with zero attached hydrogens (tertiary/aromatic N) is 6. The number of hydrogen-bond donors (Lipinski definition) is 0. The zero-order chi connectivity index (χ0) is 14.7. The molecule has 0 radical (unpaired) electrons. The van der Waals surface area contributed by atoms with Crippen molar-refractivity contribution in [3.8, 4) is 6.07 Å². The number of aromatic nitrogens is 3. The second-order valence-electron chi connectivity index (χ2n) is 5.01. The maximum absolute atomic E-state index is 8.79. The molecule has 108 valence electrons. The van der Waals surface area contributed by atoms with Crippen molar-refractivity contribution >= 4 is 5.82 Å². The molecule has 0 saturated carbocycles. The summed E-state index contributed by atoms with van der Waals surface area (Å²) in [6, 6.07) is 5.78. The van der Waals surface area contributed by atoms with E-state index in [0.717, 1.165) is 37.8 Å². The van der Waals surface area contributed by atoms with Crippen molar-refractivity contribution in [1.82, 2.24) is 20.0 Å². The van der Waals surface area contributed by atoms with Crippen LogP contribution in [-0.2, 0) is 6.54 Å². The molecule has 7 nitrogen and oxygen atoms in total. The van der Waals surface area contributed by atoms with E-state index in [1.165, 1.54) is 0 Å². The summed E-state index contributed by atoms with van der Waals surface area (Å²) in [4.78, 5) is 13.1. The molecule has 2 aromatic rings. The Morgan fingerprint density at radius 2 is 2.10 bits per heavy atom. The Balaban J connectivity index is 1.56. The first-order chi connectivity index (χ1) is 10.2. The molecular formula is C14H16N6O. The SMILES string of the molecule is Cc1nc(CN2CCN(c3ccc(C#N)cn3)CC2)no1. The molecule has 0 N–H and O–H groups in total. The van der Waals surface area contributed by atoms with Crippen LogP contribution in [0.1, 0.15) is 17.3 Å². The van der Waals surface area contributed by atoms with Crippen LogP contribution in [0.4, 0.5) is 5.82 Å². The van der Waals surface area contributed by atoms with Gasteiger partial charge in [-0.2, -0.15) is 10.2 Å². The Morgan fingerprint density at radius 1 is 1.29 bits per heavy atom. The Bertz CT molecular complexity index is 636. The molecule has 21 heavy (non-hydrogen) atoms. The van der Waals surface area contributed by atoms with Crippen molar-refractivity contribution < 1.29 is 4.52 Å².